The van der Waals surface area contributed by atoms with E-state index in [-0.39, 0.29) is 11.4 Å². The van der Waals surface area contributed by atoms with Gasteiger partial charge in [-0.3, -0.25) is 4.79 Å². The Kier molecular flexibility index (Phi) is 4.55. The van der Waals surface area contributed by atoms with E-state index in [1.54, 1.807) is 0 Å². The third kappa shape index (κ3) is 3.48. The number of hydrogen-bond donors (Lipinski definition) is 1. The van der Waals surface area contributed by atoms with Gasteiger partial charge in [0.25, 0.3) is 0 Å². The third-order valence-electron chi connectivity index (χ3n) is 3.40. The Labute approximate surface area is 103 Å². The standard InChI is InChI=1S/C14H21NO2/c1-4-14(3,5-2)13(16)17-10-11-6-8-12(15)9-7-11/h6-9H,4-5,10,15H2,1-3H3. The van der Waals surface area contributed by atoms with Crippen LogP contribution in [-0.4, -0.2) is 5.97 Å². The predicted molar refractivity (Wildman–Crippen MR) is 69.3 cm³/mol. The van der Waals surface area contributed by atoms with Crippen LogP contribution in [0.15, 0.2) is 24.3 Å². The second-order valence-electron chi connectivity index (χ2n) is 4.59. The molecule has 0 spiro atoms. The average Bonchev–Trinajstić information content (AvgIpc) is 2.36. The van der Waals surface area contributed by atoms with Gasteiger partial charge >= 0.3 is 5.97 Å². The molecule has 3 heteroatoms. The van der Waals surface area contributed by atoms with Crippen molar-refractivity contribution in [3.63, 3.8) is 0 Å². The van der Waals surface area contributed by atoms with Crippen LogP contribution in [0.25, 0.3) is 0 Å². The number of rotatable bonds is 5. The fraction of sp³-hybridized carbons (Fsp3) is 0.500. The zero-order valence-electron chi connectivity index (χ0n) is 10.8. The Balaban J connectivity index is 2.56. The van der Waals surface area contributed by atoms with E-state index in [1.165, 1.54) is 0 Å². The summed E-state index contributed by atoms with van der Waals surface area (Å²) in [4.78, 5) is 11.9. The van der Waals surface area contributed by atoms with Crippen LogP contribution >= 0.6 is 0 Å². The SMILES string of the molecule is CCC(C)(CC)C(=O)OCc1ccc(N)cc1. The van der Waals surface area contributed by atoms with Crippen molar-refractivity contribution in [1.82, 2.24) is 0 Å². The highest BCUT2D eigenvalue weighted by Crippen LogP contribution is 2.27. The third-order valence-corrected chi connectivity index (χ3v) is 3.40. The minimum Gasteiger partial charge on any atom is -0.460 e. The molecule has 1 rings (SSSR count). The van der Waals surface area contributed by atoms with E-state index in [1.807, 2.05) is 45.0 Å². The number of nitrogens with two attached hydrogens (primary N) is 1. The number of benzene rings is 1. The maximum atomic E-state index is 11.9. The summed E-state index contributed by atoms with van der Waals surface area (Å²) in [5.41, 5.74) is 6.90. The Morgan fingerprint density at radius 1 is 1.24 bits per heavy atom. The normalized spacial score (nSPS) is 11.2. The van der Waals surface area contributed by atoms with E-state index in [9.17, 15) is 4.79 Å². The molecule has 3 nitrogen and oxygen atoms in total. The van der Waals surface area contributed by atoms with E-state index in [4.69, 9.17) is 10.5 Å². The van der Waals surface area contributed by atoms with Crippen molar-refractivity contribution in [2.24, 2.45) is 5.41 Å². The maximum absolute atomic E-state index is 11.9. The van der Waals surface area contributed by atoms with Crippen LogP contribution in [0.1, 0.15) is 39.2 Å². The summed E-state index contributed by atoms with van der Waals surface area (Å²) < 4.78 is 5.34. The van der Waals surface area contributed by atoms with Crippen LogP contribution < -0.4 is 5.73 Å². The number of ether oxygens (including phenoxy) is 1. The minimum absolute atomic E-state index is 0.126. The first-order valence-electron chi connectivity index (χ1n) is 6.03. The minimum atomic E-state index is -0.367. The van der Waals surface area contributed by atoms with Gasteiger partial charge < -0.3 is 10.5 Å². The number of carbonyl (C=O) groups is 1. The summed E-state index contributed by atoms with van der Waals surface area (Å²) >= 11 is 0. The van der Waals surface area contributed by atoms with Crippen LogP contribution in [-0.2, 0) is 16.1 Å². The lowest BCUT2D eigenvalue weighted by atomic mass is 9.85. The van der Waals surface area contributed by atoms with Crippen LogP contribution in [0.5, 0.6) is 0 Å². The Morgan fingerprint density at radius 3 is 2.24 bits per heavy atom. The lowest BCUT2D eigenvalue weighted by Gasteiger charge is -2.24. The molecule has 0 atom stereocenters. The van der Waals surface area contributed by atoms with Crippen molar-refractivity contribution in [2.75, 3.05) is 5.73 Å². The smallest absolute Gasteiger partial charge is 0.312 e. The van der Waals surface area contributed by atoms with Crippen molar-refractivity contribution in [3.8, 4) is 0 Å². The largest absolute Gasteiger partial charge is 0.460 e. The Hall–Kier alpha value is -1.51. The highest BCUT2D eigenvalue weighted by atomic mass is 16.5. The average molecular weight is 235 g/mol. The van der Waals surface area contributed by atoms with Gasteiger partial charge in [0.15, 0.2) is 0 Å². The van der Waals surface area contributed by atoms with Crippen molar-refractivity contribution in [1.29, 1.82) is 0 Å². The van der Waals surface area contributed by atoms with E-state index in [0.29, 0.717) is 12.3 Å². The molecule has 94 valence electrons. The first-order valence-corrected chi connectivity index (χ1v) is 6.03. The van der Waals surface area contributed by atoms with Gasteiger partial charge in [-0.1, -0.05) is 26.0 Å². The molecular weight excluding hydrogens is 214 g/mol. The van der Waals surface area contributed by atoms with Gasteiger partial charge in [0, 0.05) is 5.69 Å². The summed E-state index contributed by atoms with van der Waals surface area (Å²) in [6.07, 6.45) is 1.59. The van der Waals surface area contributed by atoms with Crippen molar-refractivity contribution >= 4 is 11.7 Å². The lowest BCUT2D eigenvalue weighted by Crippen LogP contribution is -2.28. The zero-order chi connectivity index (χ0) is 12.9. The van der Waals surface area contributed by atoms with Gasteiger partial charge in [-0.05, 0) is 37.5 Å². The number of carbonyl (C=O) groups excluding carboxylic acids is 1. The van der Waals surface area contributed by atoms with Crippen LogP contribution in [0.4, 0.5) is 5.69 Å². The Bertz CT molecular complexity index is 366. The van der Waals surface area contributed by atoms with E-state index in [0.717, 1.165) is 18.4 Å². The summed E-state index contributed by atoms with van der Waals surface area (Å²) in [7, 11) is 0. The van der Waals surface area contributed by atoms with Crippen LogP contribution in [0.2, 0.25) is 0 Å². The van der Waals surface area contributed by atoms with Gasteiger partial charge in [-0.15, -0.1) is 0 Å². The number of anilines is 1. The van der Waals surface area contributed by atoms with Crippen molar-refractivity contribution in [2.45, 2.75) is 40.2 Å². The first kappa shape index (κ1) is 13.6. The molecule has 17 heavy (non-hydrogen) atoms. The van der Waals surface area contributed by atoms with E-state index >= 15 is 0 Å². The van der Waals surface area contributed by atoms with Crippen molar-refractivity contribution in [3.05, 3.63) is 29.8 Å². The summed E-state index contributed by atoms with van der Waals surface area (Å²) in [5, 5.41) is 0. The molecule has 1 aromatic carbocycles. The summed E-state index contributed by atoms with van der Waals surface area (Å²) in [6.45, 7) is 6.27. The monoisotopic (exact) mass is 235 g/mol. The molecule has 0 unspecified atom stereocenters. The van der Waals surface area contributed by atoms with Gasteiger partial charge in [-0.25, -0.2) is 0 Å². The van der Waals surface area contributed by atoms with E-state index in [2.05, 4.69) is 0 Å². The second-order valence-corrected chi connectivity index (χ2v) is 4.59. The predicted octanol–water partition coefficient (Wildman–Crippen LogP) is 3.14. The molecule has 0 aliphatic heterocycles. The molecule has 0 fully saturated rings. The molecule has 0 bridgehead atoms. The molecule has 0 aromatic heterocycles. The second kappa shape index (κ2) is 5.71. The molecule has 0 aliphatic rings. The van der Waals surface area contributed by atoms with Crippen molar-refractivity contribution < 1.29 is 9.53 Å². The fourth-order valence-electron chi connectivity index (χ4n) is 1.48. The van der Waals surface area contributed by atoms with Gasteiger partial charge in [0.1, 0.15) is 6.61 Å². The molecule has 0 radical (unpaired) electrons. The molecule has 0 saturated heterocycles. The number of nitrogen functional groups attached to an aromatic ring is 1. The number of esters is 1. The van der Waals surface area contributed by atoms with Crippen LogP contribution in [0, 0.1) is 5.41 Å². The maximum Gasteiger partial charge on any atom is 0.312 e. The topological polar surface area (TPSA) is 52.3 Å². The molecule has 0 heterocycles. The molecule has 1 aromatic rings. The van der Waals surface area contributed by atoms with Gasteiger partial charge in [0.05, 0.1) is 5.41 Å². The molecule has 0 amide bonds. The highest BCUT2D eigenvalue weighted by molar-refractivity contribution is 5.76. The molecule has 0 aliphatic carbocycles. The first-order chi connectivity index (χ1) is 8.01. The van der Waals surface area contributed by atoms with Crippen LogP contribution in [0.3, 0.4) is 0 Å². The quantitative estimate of drug-likeness (QED) is 0.630. The van der Waals surface area contributed by atoms with E-state index < -0.39 is 0 Å². The molecule has 2 N–H and O–H groups in total. The molecule has 0 saturated carbocycles. The summed E-state index contributed by atoms with van der Waals surface area (Å²) in [5.74, 6) is -0.126. The van der Waals surface area contributed by atoms with Gasteiger partial charge in [-0.2, -0.15) is 0 Å². The molecular formula is C14H21NO2. The number of hydrogen-bond acceptors (Lipinski definition) is 3. The lowest BCUT2D eigenvalue weighted by molar-refractivity contribution is -0.156. The van der Waals surface area contributed by atoms with Gasteiger partial charge in [0.2, 0.25) is 0 Å². The highest BCUT2D eigenvalue weighted by Gasteiger charge is 2.30. The summed E-state index contributed by atoms with van der Waals surface area (Å²) in [6, 6.07) is 7.36. The zero-order valence-corrected chi connectivity index (χ0v) is 10.8. The fourth-order valence-corrected chi connectivity index (χ4v) is 1.48. The Morgan fingerprint density at radius 2 is 1.76 bits per heavy atom.